The molecule has 2 aliphatic rings. The molecule has 1 aromatic rings. The molecule has 1 heterocycles. The van der Waals surface area contributed by atoms with Gasteiger partial charge in [-0.1, -0.05) is 31.9 Å². The van der Waals surface area contributed by atoms with Crippen molar-refractivity contribution < 1.29 is 9.59 Å². The van der Waals surface area contributed by atoms with Gasteiger partial charge in [0.25, 0.3) is 0 Å². The number of fused-ring (bicyclic) bond motifs is 2. The monoisotopic (exact) mass is 285 g/mol. The van der Waals surface area contributed by atoms with Crippen LogP contribution in [-0.4, -0.2) is 18.7 Å². The van der Waals surface area contributed by atoms with Crippen molar-refractivity contribution in [2.45, 2.75) is 39.0 Å². The van der Waals surface area contributed by atoms with Crippen LogP contribution in [0.1, 0.15) is 49.4 Å². The predicted molar refractivity (Wildman–Crippen MR) is 83.4 cm³/mol. The molecule has 0 aromatic heterocycles. The minimum atomic E-state index is -0.0161. The average Bonchev–Trinajstić information content (AvgIpc) is 2.54. The summed E-state index contributed by atoms with van der Waals surface area (Å²) in [6.45, 7) is 2.07. The number of benzene rings is 1. The molecule has 0 bridgehead atoms. The van der Waals surface area contributed by atoms with Gasteiger partial charge in [-0.2, -0.15) is 0 Å². The quantitative estimate of drug-likeness (QED) is 0.789. The molecular formula is C18H23NO2. The molecule has 1 aliphatic carbocycles. The van der Waals surface area contributed by atoms with Crippen LogP contribution in [0.5, 0.6) is 0 Å². The largest absolute Gasteiger partial charge is 0.315 e. The number of carbonyl (C=O) groups is 2. The van der Waals surface area contributed by atoms with Crippen LogP contribution < -0.4 is 4.90 Å². The van der Waals surface area contributed by atoms with Gasteiger partial charge in [-0.3, -0.25) is 9.59 Å². The van der Waals surface area contributed by atoms with E-state index >= 15 is 0 Å². The molecule has 3 rings (SSSR count). The van der Waals surface area contributed by atoms with Gasteiger partial charge in [0.2, 0.25) is 5.91 Å². The smallest absolute Gasteiger partial charge is 0.230 e. The van der Waals surface area contributed by atoms with Crippen LogP contribution in [0.25, 0.3) is 0 Å². The van der Waals surface area contributed by atoms with Crippen LogP contribution in [0.3, 0.4) is 0 Å². The number of amides is 1. The predicted octanol–water partition coefficient (Wildman–Crippen LogP) is 3.68. The number of nitrogens with zero attached hydrogens (tertiary/aromatic N) is 1. The van der Waals surface area contributed by atoms with Gasteiger partial charge in [0.15, 0.2) is 5.78 Å². The summed E-state index contributed by atoms with van der Waals surface area (Å²) in [5.41, 5.74) is 1.50. The topological polar surface area (TPSA) is 37.4 Å². The highest BCUT2D eigenvalue weighted by Crippen LogP contribution is 2.42. The fraction of sp³-hybridized carbons (Fsp3) is 0.556. The van der Waals surface area contributed by atoms with Crippen LogP contribution in [-0.2, 0) is 4.79 Å². The van der Waals surface area contributed by atoms with E-state index in [1.54, 1.807) is 11.9 Å². The second-order valence-corrected chi connectivity index (χ2v) is 6.35. The molecule has 3 heteroatoms. The van der Waals surface area contributed by atoms with E-state index in [0.717, 1.165) is 43.4 Å². The minimum absolute atomic E-state index is 0.0161. The summed E-state index contributed by atoms with van der Waals surface area (Å²) in [6.07, 6.45) is 5.01. The zero-order chi connectivity index (χ0) is 15.0. The van der Waals surface area contributed by atoms with Gasteiger partial charge in [0, 0.05) is 24.4 Å². The van der Waals surface area contributed by atoms with Gasteiger partial charge < -0.3 is 4.90 Å². The summed E-state index contributed by atoms with van der Waals surface area (Å²) >= 11 is 0. The number of rotatable bonds is 1. The van der Waals surface area contributed by atoms with Gasteiger partial charge in [-0.05, 0) is 37.3 Å². The number of ketones is 1. The molecule has 21 heavy (non-hydrogen) atoms. The van der Waals surface area contributed by atoms with Crippen molar-refractivity contribution >= 4 is 17.4 Å². The number of hydrogen-bond donors (Lipinski definition) is 0. The maximum atomic E-state index is 13.0. The van der Waals surface area contributed by atoms with E-state index in [1.165, 1.54) is 0 Å². The summed E-state index contributed by atoms with van der Waals surface area (Å²) in [7, 11) is 1.81. The van der Waals surface area contributed by atoms with Crippen molar-refractivity contribution in [1.29, 1.82) is 0 Å². The molecular weight excluding hydrogens is 262 g/mol. The van der Waals surface area contributed by atoms with Crippen molar-refractivity contribution in [2.24, 2.45) is 17.8 Å². The number of carbonyl (C=O) groups excluding carboxylic acids is 2. The molecule has 1 aromatic carbocycles. The lowest BCUT2D eigenvalue weighted by molar-refractivity contribution is -0.124. The fourth-order valence-corrected chi connectivity index (χ4v) is 4.17. The van der Waals surface area contributed by atoms with E-state index in [1.807, 2.05) is 24.3 Å². The Labute approximate surface area is 126 Å². The summed E-state index contributed by atoms with van der Waals surface area (Å²) < 4.78 is 0. The zero-order valence-electron chi connectivity index (χ0n) is 12.8. The highest BCUT2D eigenvalue weighted by Gasteiger charge is 2.42. The normalized spacial score (nSPS) is 29.4. The highest BCUT2D eigenvalue weighted by molar-refractivity contribution is 6.08. The van der Waals surface area contributed by atoms with Crippen molar-refractivity contribution in [3.05, 3.63) is 29.8 Å². The fourth-order valence-electron chi connectivity index (χ4n) is 4.17. The van der Waals surface area contributed by atoms with Crippen LogP contribution in [0.15, 0.2) is 24.3 Å². The first-order valence-corrected chi connectivity index (χ1v) is 8.06. The number of para-hydroxylation sites is 1. The van der Waals surface area contributed by atoms with Gasteiger partial charge in [-0.15, -0.1) is 0 Å². The summed E-state index contributed by atoms with van der Waals surface area (Å²) in [4.78, 5) is 27.6. The lowest BCUT2D eigenvalue weighted by atomic mass is 9.67. The van der Waals surface area contributed by atoms with Gasteiger partial charge in [0.1, 0.15) is 0 Å². The first kappa shape index (κ1) is 14.3. The number of Topliss-reactive ketones (excluding diaryl/α,β-unsaturated/α-hetero) is 1. The van der Waals surface area contributed by atoms with E-state index in [4.69, 9.17) is 0 Å². The van der Waals surface area contributed by atoms with Crippen molar-refractivity contribution in [2.75, 3.05) is 11.9 Å². The maximum Gasteiger partial charge on any atom is 0.230 e. The minimum Gasteiger partial charge on any atom is -0.315 e. The molecule has 3 atom stereocenters. The molecule has 3 unspecified atom stereocenters. The van der Waals surface area contributed by atoms with Gasteiger partial charge in [0.05, 0.1) is 5.69 Å². The third-order valence-electron chi connectivity index (χ3n) is 5.29. The molecule has 0 saturated heterocycles. The SMILES string of the molecule is CCC1C(=O)N(C)c2ccccc2C(=O)C2CCCCC21. The van der Waals surface area contributed by atoms with E-state index in [-0.39, 0.29) is 29.4 Å². The Bertz CT molecular complexity index is 566. The molecule has 1 fully saturated rings. The summed E-state index contributed by atoms with van der Waals surface area (Å²) in [6, 6.07) is 7.56. The Morgan fingerprint density at radius 1 is 1.14 bits per heavy atom. The van der Waals surface area contributed by atoms with Crippen molar-refractivity contribution in [1.82, 2.24) is 0 Å². The average molecular weight is 285 g/mol. The maximum absolute atomic E-state index is 13.0. The van der Waals surface area contributed by atoms with E-state index < -0.39 is 0 Å². The van der Waals surface area contributed by atoms with E-state index in [0.29, 0.717) is 0 Å². The standard InChI is InChI=1S/C18H23NO2/c1-3-12-13-8-4-5-9-14(13)17(20)15-10-6-7-11-16(15)19(2)18(12)21/h6-7,10-14H,3-5,8-9H2,1-2H3. The lowest BCUT2D eigenvalue weighted by Gasteiger charge is -2.39. The third-order valence-corrected chi connectivity index (χ3v) is 5.29. The Kier molecular flexibility index (Phi) is 3.83. The van der Waals surface area contributed by atoms with E-state index in [2.05, 4.69) is 6.92 Å². The molecule has 112 valence electrons. The zero-order valence-corrected chi connectivity index (χ0v) is 12.8. The summed E-state index contributed by atoms with van der Waals surface area (Å²) in [5, 5.41) is 0. The number of anilines is 1. The Morgan fingerprint density at radius 2 is 1.86 bits per heavy atom. The third kappa shape index (κ3) is 2.29. The van der Waals surface area contributed by atoms with E-state index in [9.17, 15) is 9.59 Å². The highest BCUT2D eigenvalue weighted by atomic mass is 16.2. The second kappa shape index (κ2) is 5.63. The second-order valence-electron chi connectivity index (χ2n) is 6.35. The molecule has 0 N–H and O–H groups in total. The first-order chi connectivity index (χ1) is 10.1. The summed E-state index contributed by atoms with van der Waals surface area (Å²) in [5.74, 6) is 0.655. The van der Waals surface area contributed by atoms with Crippen molar-refractivity contribution in [3.63, 3.8) is 0 Å². The molecule has 1 amide bonds. The Hall–Kier alpha value is -1.64. The van der Waals surface area contributed by atoms with Crippen LogP contribution in [0, 0.1) is 17.8 Å². The van der Waals surface area contributed by atoms with Crippen LogP contribution >= 0.6 is 0 Å². The lowest BCUT2D eigenvalue weighted by Crippen LogP contribution is -2.44. The molecule has 3 nitrogen and oxygen atoms in total. The van der Waals surface area contributed by atoms with Crippen molar-refractivity contribution in [3.8, 4) is 0 Å². The molecule has 1 saturated carbocycles. The van der Waals surface area contributed by atoms with Gasteiger partial charge in [-0.25, -0.2) is 0 Å². The first-order valence-electron chi connectivity index (χ1n) is 8.06. The number of hydrogen-bond acceptors (Lipinski definition) is 2. The Morgan fingerprint density at radius 3 is 2.62 bits per heavy atom. The Balaban J connectivity index is 2.13. The van der Waals surface area contributed by atoms with Crippen LogP contribution in [0.2, 0.25) is 0 Å². The molecule has 1 aliphatic heterocycles. The van der Waals surface area contributed by atoms with Crippen LogP contribution in [0.4, 0.5) is 5.69 Å². The molecule has 0 radical (unpaired) electrons. The van der Waals surface area contributed by atoms with Gasteiger partial charge >= 0.3 is 0 Å². The molecule has 0 spiro atoms.